The fourth-order valence-corrected chi connectivity index (χ4v) is 0.843. The van der Waals surface area contributed by atoms with Crippen molar-refractivity contribution in [3.8, 4) is 0 Å². The minimum atomic E-state index is -1.14. The number of hydrogen-bond acceptors (Lipinski definition) is 3. The summed E-state index contributed by atoms with van der Waals surface area (Å²) >= 11 is 0. The molecule has 7 nitrogen and oxygen atoms in total. The number of carboxylic acid groups (broad SMARTS) is 2. The Bertz CT molecular complexity index is 253. The molecule has 7 heteroatoms. The summed E-state index contributed by atoms with van der Waals surface area (Å²) in [6, 6.07) is -0.926. The molecule has 0 saturated heterocycles. The van der Waals surface area contributed by atoms with Crippen LogP contribution in [0.4, 0.5) is 4.79 Å². The van der Waals surface area contributed by atoms with Crippen LogP contribution in [0.1, 0.15) is 19.8 Å². The summed E-state index contributed by atoms with van der Waals surface area (Å²) in [5.74, 6) is -2.07. The molecule has 0 rings (SSSR count). The molecular formula is C8H14N2O5. The first-order valence-electron chi connectivity index (χ1n) is 4.39. The fraction of sp³-hybridized carbons (Fsp3) is 0.625. The lowest BCUT2D eigenvalue weighted by Gasteiger charge is -2.12. The molecule has 0 aromatic rings. The fourth-order valence-electron chi connectivity index (χ4n) is 0.843. The molecule has 0 fully saturated rings. The molecule has 86 valence electrons. The van der Waals surface area contributed by atoms with Gasteiger partial charge in [0.1, 0.15) is 6.54 Å². The van der Waals surface area contributed by atoms with Crippen molar-refractivity contribution in [3.05, 3.63) is 0 Å². The van der Waals surface area contributed by atoms with Crippen molar-refractivity contribution in [1.29, 1.82) is 0 Å². The standard InChI is InChI=1S/C8H14N2O5/c1-5(2-3-6(11)12)10-8(15)9-4-7(13)14/h5H,2-4H2,1H3,(H,11,12)(H,13,14)(H2,9,10,15). The summed E-state index contributed by atoms with van der Waals surface area (Å²) in [4.78, 5) is 31.3. The molecule has 0 bridgehead atoms. The van der Waals surface area contributed by atoms with Gasteiger partial charge >= 0.3 is 18.0 Å². The van der Waals surface area contributed by atoms with Gasteiger partial charge in [-0.3, -0.25) is 9.59 Å². The lowest BCUT2D eigenvalue weighted by Crippen LogP contribution is -2.42. The van der Waals surface area contributed by atoms with Crippen LogP contribution in [0.15, 0.2) is 0 Å². The van der Waals surface area contributed by atoms with Crippen molar-refractivity contribution < 1.29 is 24.6 Å². The van der Waals surface area contributed by atoms with Gasteiger partial charge in [-0.2, -0.15) is 0 Å². The highest BCUT2D eigenvalue weighted by atomic mass is 16.4. The zero-order valence-electron chi connectivity index (χ0n) is 8.32. The number of urea groups is 1. The SMILES string of the molecule is CC(CCC(=O)O)NC(=O)NCC(=O)O. The molecular weight excluding hydrogens is 204 g/mol. The van der Waals surface area contributed by atoms with Crippen LogP contribution in [0.5, 0.6) is 0 Å². The lowest BCUT2D eigenvalue weighted by molar-refractivity contribution is -0.137. The molecule has 0 heterocycles. The first-order chi connectivity index (χ1) is 6.91. The summed E-state index contributed by atoms with van der Waals surface area (Å²) in [6.45, 7) is 1.18. The molecule has 0 aromatic carbocycles. The van der Waals surface area contributed by atoms with E-state index >= 15 is 0 Å². The predicted molar refractivity (Wildman–Crippen MR) is 50.5 cm³/mol. The van der Waals surface area contributed by atoms with E-state index in [1.165, 1.54) is 0 Å². The number of carbonyl (C=O) groups is 3. The molecule has 4 N–H and O–H groups in total. The van der Waals surface area contributed by atoms with Crippen LogP contribution in [-0.4, -0.2) is 40.8 Å². The summed E-state index contributed by atoms with van der Waals surface area (Å²) in [5.41, 5.74) is 0. The monoisotopic (exact) mass is 218 g/mol. The van der Waals surface area contributed by atoms with Gasteiger partial charge in [0.05, 0.1) is 0 Å². The minimum absolute atomic E-state index is 0.0413. The van der Waals surface area contributed by atoms with Crippen LogP contribution in [0.2, 0.25) is 0 Å². The summed E-state index contributed by atoms with van der Waals surface area (Å²) in [6.07, 6.45) is 0.260. The van der Waals surface area contributed by atoms with Crippen LogP contribution < -0.4 is 10.6 Å². The van der Waals surface area contributed by atoms with Crippen molar-refractivity contribution in [2.75, 3.05) is 6.54 Å². The number of nitrogens with one attached hydrogen (secondary N) is 2. The molecule has 0 aromatic heterocycles. The van der Waals surface area contributed by atoms with E-state index in [1.807, 2.05) is 0 Å². The van der Waals surface area contributed by atoms with Crippen molar-refractivity contribution in [3.63, 3.8) is 0 Å². The van der Waals surface area contributed by atoms with Crippen molar-refractivity contribution in [2.24, 2.45) is 0 Å². The Morgan fingerprint density at radius 3 is 2.27 bits per heavy atom. The van der Waals surface area contributed by atoms with Gasteiger partial charge in [0.2, 0.25) is 0 Å². The van der Waals surface area contributed by atoms with E-state index in [9.17, 15) is 14.4 Å². The zero-order chi connectivity index (χ0) is 11.8. The number of aliphatic carboxylic acids is 2. The molecule has 0 aliphatic heterocycles. The van der Waals surface area contributed by atoms with E-state index in [2.05, 4.69) is 10.6 Å². The maximum Gasteiger partial charge on any atom is 0.323 e. The van der Waals surface area contributed by atoms with Crippen molar-refractivity contribution >= 4 is 18.0 Å². The predicted octanol–water partition coefficient (Wildman–Crippen LogP) is -0.376. The molecule has 0 aliphatic carbocycles. The number of rotatable bonds is 6. The van der Waals surface area contributed by atoms with Crippen LogP contribution in [0.25, 0.3) is 0 Å². The highest BCUT2D eigenvalue weighted by Crippen LogP contribution is 1.95. The maximum atomic E-state index is 11.0. The summed E-state index contributed by atoms with van der Waals surface area (Å²) < 4.78 is 0. The molecule has 0 aliphatic rings. The number of hydrogen-bond donors (Lipinski definition) is 4. The third kappa shape index (κ3) is 8.54. The Labute approximate surface area is 86.5 Å². The molecule has 1 unspecified atom stereocenters. The van der Waals surface area contributed by atoms with Gasteiger partial charge in [0, 0.05) is 12.5 Å². The van der Waals surface area contributed by atoms with Crippen molar-refractivity contribution in [2.45, 2.75) is 25.8 Å². The average molecular weight is 218 g/mol. The Hall–Kier alpha value is -1.79. The lowest BCUT2D eigenvalue weighted by atomic mass is 10.2. The van der Waals surface area contributed by atoms with E-state index in [1.54, 1.807) is 6.92 Å². The number of amides is 2. The van der Waals surface area contributed by atoms with Crippen LogP contribution in [-0.2, 0) is 9.59 Å². The minimum Gasteiger partial charge on any atom is -0.481 e. The zero-order valence-corrected chi connectivity index (χ0v) is 8.32. The topological polar surface area (TPSA) is 116 Å². The summed E-state index contributed by atoms with van der Waals surface area (Å²) in [5, 5.41) is 21.1. The third-order valence-corrected chi connectivity index (χ3v) is 1.57. The van der Waals surface area contributed by atoms with Gasteiger partial charge in [-0.25, -0.2) is 4.79 Å². The second-order valence-corrected chi connectivity index (χ2v) is 3.05. The highest BCUT2D eigenvalue weighted by molar-refractivity contribution is 5.80. The van der Waals surface area contributed by atoms with Gasteiger partial charge in [-0.1, -0.05) is 0 Å². The molecule has 0 saturated carbocycles. The Balaban J connectivity index is 3.66. The molecule has 15 heavy (non-hydrogen) atoms. The van der Waals surface area contributed by atoms with Crippen LogP contribution in [0, 0.1) is 0 Å². The Morgan fingerprint density at radius 1 is 1.20 bits per heavy atom. The Kier molecular flexibility index (Phi) is 5.84. The molecule has 1 atom stereocenters. The smallest absolute Gasteiger partial charge is 0.323 e. The van der Waals surface area contributed by atoms with Crippen LogP contribution >= 0.6 is 0 Å². The third-order valence-electron chi connectivity index (χ3n) is 1.57. The van der Waals surface area contributed by atoms with E-state index in [4.69, 9.17) is 10.2 Å². The van der Waals surface area contributed by atoms with Gasteiger partial charge in [0.25, 0.3) is 0 Å². The van der Waals surface area contributed by atoms with Crippen LogP contribution in [0.3, 0.4) is 0 Å². The first kappa shape index (κ1) is 13.2. The average Bonchev–Trinajstić information content (AvgIpc) is 2.11. The van der Waals surface area contributed by atoms with Gasteiger partial charge < -0.3 is 20.8 Å². The molecule has 0 spiro atoms. The molecule has 0 radical (unpaired) electrons. The second-order valence-electron chi connectivity index (χ2n) is 3.05. The second kappa shape index (κ2) is 6.63. The van der Waals surface area contributed by atoms with Gasteiger partial charge in [-0.05, 0) is 13.3 Å². The van der Waals surface area contributed by atoms with E-state index in [0.29, 0.717) is 6.42 Å². The number of carbonyl (C=O) groups excluding carboxylic acids is 1. The van der Waals surface area contributed by atoms with Gasteiger partial charge in [-0.15, -0.1) is 0 Å². The van der Waals surface area contributed by atoms with Crippen molar-refractivity contribution in [1.82, 2.24) is 10.6 Å². The Morgan fingerprint density at radius 2 is 1.80 bits per heavy atom. The maximum absolute atomic E-state index is 11.0. The molecule has 2 amide bonds. The first-order valence-corrected chi connectivity index (χ1v) is 4.39. The normalized spacial score (nSPS) is 11.5. The summed E-state index contributed by atoms with van der Waals surface area (Å²) in [7, 11) is 0. The largest absolute Gasteiger partial charge is 0.481 e. The van der Waals surface area contributed by atoms with E-state index < -0.39 is 24.5 Å². The number of carboxylic acids is 2. The van der Waals surface area contributed by atoms with Gasteiger partial charge in [0.15, 0.2) is 0 Å². The quantitative estimate of drug-likeness (QED) is 0.485. The van der Waals surface area contributed by atoms with E-state index in [-0.39, 0.29) is 12.5 Å². The van der Waals surface area contributed by atoms with E-state index in [0.717, 1.165) is 0 Å². The highest BCUT2D eigenvalue weighted by Gasteiger charge is 2.09.